The quantitative estimate of drug-likeness (QED) is 0.593. The molecule has 0 atom stereocenters. The molecular formula is C6H6N2O. The van der Waals surface area contributed by atoms with Crippen LogP contribution in [0, 0.1) is 11.3 Å². The Morgan fingerprint density at radius 2 is 2.56 bits per heavy atom. The molecule has 0 amide bonds. The third-order valence-corrected chi connectivity index (χ3v) is 1.000. The number of nitriles is 1. The monoisotopic (exact) mass is 122 g/mol. The van der Waals surface area contributed by atoms with Crippen molar-refractivity contribution >= 4 is 0 Å². The molecule has 3 nitrogen and oxygen atoms in total. The van der Waals surface area contributed by atoms with Gasteiger partial charge in [-0.2, -0.15) is 5.26 Å². The number of hydrogen-bond acceptors (Lipinski definition) is 3. The van der Waals surface area contributed by atoms with E-state index in [2.05, 4.69) is 0 Å². The van der Waals surface area contributed by atoms with Crippen LogP contribution in [-0.4, -0.2) is 0 Å². The minimum atomic E-state index is 0.315. The van der Waals surface area contributed by atoms with Gasteiger partial charge in [0, 0.05) is 12.1 Å². The van der Waals surface area contributed by atoms with Gasteiger partial charge in [0.15, 0.2) is 0 Å². The molecule has 1 heterocycles. The Kier molecular flexibility index (Phi) is 1.52. The van der Waals surface area contributed by atoms with Gasteiger partial charge in [-0.1, -0.05) is 0 Å². The number of nitrogens with zero attached hydrogens (tertiary/aromatic N) is 1. The molecule has 0 saturated carbocycles. The zero-order chi connectivity index (χ0) is 6.69. The summed E-state index contributed by atoms with van der Waals surface area (Å²) in [4.78, 5) is 0. The maximum absolute atomic E-state index is 8.26. The highest BCUT2D eigenvalue weighted by Crippen LogP contribution is 2.04. The van der Waals surface area contributed by atoms with Crippen LogP contribution in [0.2, 0.25) is 0 Å². The van der Waals surface area contributed by atoms with E-state index in [0.717, 1.165) is 5.56 Å². The minimum absolute atomic E-state index is 0.315. The summed E-state index contributed by atoms with van der Waals surface area (Å²) in [6.07, 6.45) is 1.48. The predicted molar refractivity (Wildman–Crippen MR) is 31.3 cm³/mol. The number of rotatable bonds is 1. The molecule has 0 aliphatic heterocycles. The normalized spacial score (nSPS) is 8.89. The molecule has 1 aromatic rings. The Labute approximate surface area is 52.7 Å². The van der Waals surface area contributed by atoms with E-state index in [4.69, 9.17) is 15.4 Å². The van der Waals surface area contributed by atoms with Crippen LogP contribution in [0.25, 0.3) is 0 Å². The van der Waals surface area contributed by atoms with Gasteiger partial charge in [-0.25, -0.2) is 0 Å². The molecule has 1 rings (SSSR count). The molecule has 0 aromatic carbocycles. The minimum Gasteiger partial charge on any atom is -0.454 e. The predicted octanol–water partition coefficient (Wildman–Crippen LogP) is 0.610. The summed E-state index contributed by atoms with van der Waals surface area (Å²) in [6.45, 7) is 0.422. The van der Waals surface area contributed by atoms with Crippen LogP contribution in [0.4, 0.5) is 0 Å². The van der Waals surface area contributed by atoms with Crippen LogP contribution in [-0.2, 0) is 6.54 Å². The molecule has 2 N–H and O–H groups in total. The smallest absolute Gasteiger partial charge is 0.203 e. The largest absolute Gasteiger partial charge is 0.454 e. The lowest BCUT2D eigenvalue weighted by molar-refractivity contribution is 0.550. The van der Waals surface area contributed by atoms with E-state index in [0.29, 0.717) is 12.3 Å². The molecule has 3 heteroatoms. The van der Waals surface area contributed by atoms with Crippen molar-refractivity contribution in [3.05, 3.63) is 23.7 Å². The highest BCUT2D eigenvalue weighted by atomic mass is 16.3. The summed E-state index contributed by atoms with van der Waals surface area (Å²) in [6, 6.07) is 3.48. The van der Waals surface area contributed by atoms with Crippen molar-refractivity contribution in [1.29, 1.82) is 5.26 Å². The lowest BCUT2D eigenvalue weighted by Gasteiger charge is -1.78. The van der Waals surface area contributed by atoms with Crippen molar-refractivity contribution in [1.82, 2.24) is 0 Å². The summed E-state index contributed by atoms with van der Waals surface area (Å²) >= 11 is 0. The summed E-state index contributed by atoms with van der Waals surface area (Å²) in [7, 11) is 0. The van der Waals surface area contributed by atoms with E-state index in [1.165, 1.54) is 6.26 Å². The second-order valence-corrected chi connectivity index (χ2v) is 1.64. The summed E-state index contributed by atoms with van der Waals surface area (Å²) in [5.74, 6) is 0.315. The van der Waals surface area contributed by atoms with Gasteiger partial charge in [0.2, 0.25) is 5.76 Å². The lowest BCUT2D eigenvalue weighted by atomic mass is 10.3. The first-order valence-electron chi connectivity index (χ1n) is 2.54. The molecule has 0 unspecified atom stereocenters. The van der Waals surface area contributed by atoms with Gasteiger partial charge in [-0.05, 0) is 6.07 Å². The van der Waals surface area contributed by atoms with Crippen LogP contribution in [0.5, 0.6) is 0 Å². The van der Waals surface area contributed by atoms with Crippen molar-refractivity contribution in [3.8, 4) is 6.07 Å². The Balaban J connectivity index is 2.90. The first kappa shape index (κ1) is 5.86. The van der Waals surface area contributed by atoms with Crippen LogP contribution in [0.3, 0.4) is 0 Å². The Bertz CT molecular complexity index is 233. The van der Waals surface area contributed by atoms with Gasteiger partial charge in [-0.15, -0.1) is 0 Å². The molecule has 0 saturated heterocycles. The van der Waals surface area contributed by atoms with Crippen LogP contribution >= 0.6 is 0 Å². The first-order valence-corrected chi connectivity index (χ1v) is 2.54. The molecule has 0 aliphatic carbocycles. The van der Waals surface area contributed by atoms with Gasteiger partial charge < -0.3 is 10.2 Å². The van der Waals surface area contributed by atoms with Gasteiger partial charge in [0.05, 0.1) is 6.26 Å². The van der Waals surface area contributed by atoms with Crippen molar-refractivity contribution in [2.45, 2.75) is 6.54 Å². The maximum atomic E-state index is 8.26. The van der Waals surface area contributed by atoms with E-state index < -0.39 is 0 Å². The van der Waals surface area contributed by atoms with Gasteiger partial charge in [0.25, 0.3) is 0 Å². The van der Waals surface area contributed by atoms with Crippen LogP contribution < -0.4 is 5.73 Å². The molecule has 1 aromatic heterocycles. The molecule has 0 fully saturated rings. The third kappa shape index (κ3) is 1.09. The van der Waals surface area contributed by atoms with Crippen LogP contribution in [0.15, 0.2) is 16.7 Å². The average molecular weight is 122 g/mol. The average Bonchev–Trinajstić information content (AvgIpc) is 2.34. The standard InChI is InChI=1S/C6H6N2O/c7-2-5-1-6(3-8)9-4-5/h1,4H,2,7H2. The topological polar surface area (TPSA) is 63.0 Å². The number of hydrogen-bond donors (Lipinski definition) is 1. The van der Waals surface area contributed by atoms with Gasteiger partial charge in [-0.3, -0.25) is 0 Å². The Morgan fingerprint density at radius 1 is 1.78 bits per heavy atom. The molecule has 0 bridgehead atoms. The lowest BCUT2D eigenvalue weighted by Crippen LogP contribution is -1.92. The zero-order valence-electron chi connectivity index (χ0n) is 4.79. The Morgan fingerprint density at radius 3 is 2.89 bits per heavy atom. The highest BCUT2D eigenvalue weighted by Gasteiger charge is 1.95. The Hall–Kier alpha value is -1.27. The summed E-state index contributed by atoms with van der Waals surface area (Å²) < 4.78 is 4.76. The van der Waals surface area contributed by atoms with Crippen LogP contribution in [0.1, 0.15) is 11.3 Å². The van der Waals surface area contributed by atoms with E-state index in [1.807, 2.05) is 6.07 Å². The molecule has 0 spiro atoms. The van der Waals surface area contributed by atoms with Crippen molar-refractivity contribution in [2.24, 2.45) is 5.73 Å². The van der Waals surface area contributed by atoms with E-state index in [-0.39, 0.29) is 0 Å². The molecular weight excluding hydrogens is 116 g/mol. The van der Waals surface area contributed by atoms with Crippen molar-refractivity contribution in [3.63, 3.8) is 0 Å². The third-order valence-electron chi connectivity index (χ3n) is 1.000. The zero-order valence-corrected chi connectivity index (χ0v) is 4.79. The number of furan rings is 1. The summed E-state index contributed by atoms with van der Waals surface area (Å²) in [5, 5.41) is 8.26. The maximum Gasteiger partial charge on any atom is 0.203 e. The molecule has 46 valence electrons. The molecule has 9 heavy (non-hydrogen) atoms. The summed E-state index contributed by atoms with van der Waals surface area (Å²) in [5.41, 5.74) is 6.10. The molecule has 0 radical (unpaired) electrons. The second kappa shape index (κ2) is 2.33. The second-order valence-electron chi connectivity index (χ2n) is 1.64. The number of nitrogens with two attached hydrogens (primary N) is 1. The first-order chi connectivity index (χ1) is 4.36. The fourth-order valence-electron chi connectivity index (χ4n) is 0.541. The molecule has 0 aliphatic rings. The van der Waals surface area contributed by atoms with E-state index in [9.17, 15) is 0 Å². The fraction of sp³-hybridized carbons (Fsp3) is 0.167. The van der Waals surface area contributed by atoms with E-state index >= 15 is 0 Å². The SMILES string of the molecule is N#Cc1cc(CN)co1. The fourth-order valence-corrected chi connectivity index (χ4v) is 0.541. The highest BCUT2D eigenvalue weighted by molar-refractivity contribution is 5.22. The van der Waals surface area contributed by atoms with E-state index in [1.54, 1.807) is 6.07 Å². The van der Waals surface area contributed by atoms with Gasteiger partial charge >= 0.3 is 0 Å². The van der Waals surface area contributed by atoms with Gasteiger partial charge in [0.1, 0.15) is 6.07 Å². The van der Waals surface area contributed by atoms with Crippen molar-refractivity contribution < 1.29 is 4.42 Å². The van der Waals surface area contributed by atoms with Crippen molar-refractivity contribution in [2.75, 3.05) is 0 Å².